The Morgan fingerprint density at radius 3 is 2.85 bits per heavy atom. The van der Waals surface area contributed by atoms with E-state index in [9.17, 15) is 18.7 Å². The molecule has 0 spiro atoms. The lowest BCUT2D eigenvalue weighted by Gasteiger charge is -2.31. The third-order valence-corrected chi connectivity index (χ3v) is 9.19. The van der Waals surface area contributed by atoms with Crippen molar-refractivity contribution in [2.45, 2.75) is 56.8 Å². The zero-order valence-corrected chi connectivity index (χ0v) is 25.2. The molecule has 2 saturated heterocycles. The molecule has 0 bridgehead atoms. The number of pyridine rings is 1. The van der Waals surface area contributed by atoms with Crippen molar-refractivity contribution in [3.05, 3.63) is 47.7 Å². The van der Waals surface area contributed by atoms with E-state index in [0.29, 0.717) is 18.4 Å². The molecule has 2 aromatic carbocycles. The third kappa shape index (κ3) is 5.22. The number of alkyl halides is 1. The zero-order valence-electron chi connectivity index (χ0n) is 25.2. The van der Waals surface area contributed by atoms with Crippen molar-refractivity contribution in [3.63, 3.8) is 0 Å². The van der Waals surface area contributed by atoms with Gasteiger partial charge < -0.3 is 19.5 Å². The Balaban J connectivity index is 1.39. The number of nitrogens with zero attached hydrogens (tertiary/aromatic N) is 5. The molecule has 9 nitrogen and oxygen atoms in total. The highest BCUT2D eigenvalue weighted by Crippen LogP contribution is 2.42. The van der Waals surface area contributed by atoms with E-state index in [1.54, 1.807) is 11.8 Å². The Morgan fingerprint density at radius 2 is 2.09 bits per heavy atom. The molecule has 46 heavy (non-hydrogen) atoms. The van der Waals surface area contributed by atoms with E-state index in [2.05, 4.69) is 25.8 Å². The van der Waals surface area contributed by atoms with Gasteiger partial charge in [0.15, 0.2) is 5.82 Å². The molecule has 2 aromatic heterocycles. The fourth-order valence-corrected chi connectivity index (χ4v) is 7.00. The zero-order chi connectivity index (χ0) is 32.2. The third-order valence-electron chi connectivity index (χ3n) is 9.19. The summed E-state index contributed by atoms with van der Waals surface area (Å²) in [7, 11) is 0. The van der Waals surface area contributed by atoms with Crippen LogP contribution in [0.25, 0.3) is 32.9 Å². The summed E-state index contributed by atoms with van der Waals surface area (Å²) in [5.74, 6) is 0.378. The molecule has 3 fully saturated rings. The maximum Gasteiger partial charge on any atom is 0.325 e. The Kier molecular flexibility index (Phi) is 7.59. The van der Waals surface area contributed by atoms with E-state index < -0.39 is 29.3 Å². The molecular formula is C34H32F3N5O4. The highest BCUT2D eigenvalue weighted by molar-refractivity contribution is 6.03. The summed E-state index contributed by atoms with van der Waals surface area (Å²) in [6.07, 6.45) is 9.66. The predicted octanol–water partition coefficient (Wildman–Crippen LogP) is 5.30. The second-order valence-corrected chi connectivity index (χ2v) is 12.2. The van der Waals surface area contributed by atoms with Gasteiger partial charge in [-0.1, -0.05) is 12.0 Å². The summed E-state index contributed by atoms with van der Waals surface area (Å²) < 4.78 is 57.4. The van der Waals surface area contributed by atoms with Crippen molar-refractivity contribution >= 4 is 33.5 Å². The quantitative estimate of drug-likeness (QED) is 0.195. The standard InChI is InChI=1S/C34H32F3N5O4/c1-3-23-26(36)9-6-19-12-22(43)13-24(28(19)23)30-29(37)31-25(15-38-30)32(42(21-7-8-21)17-27(44)45-4-2)40-33(39-31)46-18-34-10-5-11-41(34)16-20(35)14-34/h1,6,9,12-13,15,20-21,43H,4-5,7-8,10-11,14,16-18H2,2H3/t20-,34+/m1/s1. The van der Waals surface area contributed by atoms with Crippen LogP contribution in [-0.2, 0) is 9.53 Å². The number of phenols is 1. The highest BCUT2D eigenvalue weighted by Gasteiger charge is 2.49. The van der Waals surface area contributed by atoms with E-state index in [4.69, 9.17) is 15.9 Å². The van der Waals surface area contributed by atoms with Crippen molar-refractivity contribution in [1.82, 2.24) is 19.9 Å². The summed E-state index contributed by atoms with van der Waals surface area (Å²) in [5, 5.41) is 11.3. The monoisotopic (exact) mass is 631 g/mol. The molecule has 7 rings (SSSR count). The van der Waals surface area contributed by atoms with E-state index in [1.807, 2.05) is 0 Å². The smallest absolute Gasteiger partial charge is 0.325 e. The number of halogens is 3. The average Bonchev–Trinajstić information content (AvgIpc) is 3.73. The molecule has 0 amide bonds. The number of carbonyl (C=O) groups excluding carboxylic acids is 1. The summed E-state index contributed by atoms with van der Waals surface area (Å²) in [5.41, 5.74) is -0.887. The van der Waals surface area contributed by atoms with Gasteiger partial charge in [-0.15, -0.1) is 6.42 Å². The number of aromatic hydroxyl groups is 1. The van der Waals surface area contributed by atoms with Gasteiger partial charge in [-0.2, -0.15) is 9.97 Å². The number of esters is 1. The Hall–Kier alpha value is -4.63. The largest absolute Gasteiger partial charge is 0.508 e. The molecule has 3 aliphatic rings. The van der Waals surface area contributed by atoms with E-state index >= 15 is 4.39 Å². The van der Waals surface area contributed by atoms with Crippen molar-refractivity contribution < 1.29 is 32.5 Å². The first-order chi connectivity index (χ1) is 22.2. The van der Waals surface area contributed by atoms with Crippen LogP contribution in [0, 0.1) is 24.0 Å². The molecule has 0 radical (unpaired) electrons. The summed E-state index contributed by atoms with van der Waals surface area (Å²) in [6.45, 7) is 3.00. The number of aromatic nitrogens is 3. The van der Waals surface area contributed by atoms with Gasteiger partial charge in [0.25, 0.3) is 0 Å². The minimum Gasteiger partial charge on any atom is -0.508 e. The van der Waals surface area contributed by atoms with Crippen molar-refractivity contribution in [3.8, 4) is 35.4 Å². The second kappa shape index (κ2) is 11.6. The van der Waals surface area contributed by atoms with Gasteiger partial charge in [-0.25, -0.2) is 13.2 Å². The number of fused-ring (bicyclic) bond motifs is 3. The van der Waals surface area contributed by atoms with Crippen LogP contribution in [0.1, 0.15) is 44.6 Å². The van der Waals surface area contributed by atoms with Crippen LogP contribution in [0.3, 0.4) is 0 Å². The van der Waals surface area contributed by atoms with Crippen LogP contribution in [0.15, 0.2) is 30.5 Å². The first-order valence-corrected chi connectivity index (χ1v) is 15.4. The minimum atomic E-state index is -0.965. The van der Waals surface area contributed by atoms with Crippen LogP contribution >= 0.6 is 0 Å². The van der Waals surface area contributed by atoms with Crippen LogP contribution in [0.5, 0.6) is 11.8 Å². The van der Waals surface area contributed by atoms with E-state index in [-0.39, 0.29) is 76.5 Å². The van der Waals surface area contributed by atoms with Gasteiger partial charge in [0.2, 0.25) is 0 Å². The number of anilines is 1. The van der Waals surface area contributed by atoms with Crippen LogP contribution in [0.2, 0.25) is 0 Å². The molecule has 4 aromatic rings. The van der Waals surface area contributed by atoms with Crippen LogP contribution in [0.4, 0.5) is 19.0 Å². The molecule has 0 unspecified atom stereocenters. The molecule has 4 heterocycles. The van der Waals surface area contributed by atoms with Gasteiger partial charge in [-0.3, -0.25) is 14.7 Å². The maximum absolute atomic E-state index is 16.8. The van der Waals surface area contributed by atoms with Gasteiger partial charge in [0, 0.05) is 36.2 Å². The average molecular weight is 632 g/mol. The molecule has 1 saturated carbocycles. The number of benzene rings is 2. The first kappa shape index (κ1) is 30.0. The molecule has 2 atom stereocenters. The SMILES string of the molecule is C#Cc1c(F)ccc2cc(O)cc(-c3ncc4c(N(CC(=O)OCC)C5CC5)nc(OC[C@@]56CCCN5C[C@H](F)C6)nc4c3F)c12. The van der Waals surface area contributed by atoms with Crippen LogP contribution in [-0.4, -0.2) is 81.5 Å². The van der Waals surface area contributed by atoms with Crippen molar-refractivity contribution in [2.24, 2.45) is 0 Å². The molecule has 1 aliphatic carbocycles. The number of hydrogen-bond acceptors (Lipinski definition) is 9. The summed E-state index contributed by atoms with van der Waals surface area (Å²) in [6, 6.07) is 5.14. The molecular weight excluding hydrogens is 599 g/mol. The fraction of sp³-hybridized carbons (Fsp3) is 0.412. The highest BCUT2D eigenvalue weighted by atomic mass is 19.1. The number of carbonyl (C=O) groups is 1. The molecule has 12 heteroatoms. The molecule has 238 valence electrons. The second-order valence-electron chi connectivity index (χ2n) is 12.2. The summed E-state index contributed by atoms with van der Waals surface area (Å²) in [4.78, 5) is 30.0. The lowest BCUT2D eigenvalue weighted by atomic mass is 9.95. The summed E-state index contributed by atoms with van der Waals surface area (Å²) >= 11 is 0. The van der Waals surface area contributed by atoms with Gasteiger partial charge in [-0.05, 0) is 62.7 Å². The fourth-order valence-electron chi connectivity index (χ4n) is 7.00. The number of hydrogen-bond donors (Lipinski definition) is 1. The number of rotatable bonds is 9. The van der Waals surface area contributed by atoms with E-state index in [0.717, 1.165) is 32.2 Å². The number of phenolic OH excluding ortho intramolecular Hbond substituents is 1. The Bertz CT molecular complexity index is 1910. The minimum absolute atomic E-state index is 0.0414. The topological polar surface area (TPSA) is 101 Å². The van der Waals surface area contributed by atoms with Gasteiger partial charge >= 0.3 is 12.0 Å². The number of ether oxygens (including phenoxy) is 2. The van der Waals surface area contributed by atoms with Gasteiger partial charge in [0.05, 0.1) is 23.1 Å². The lowest BCUT2D eigenvalue weighted by molar-refractivity contribution is -0.141. The normalized spacial score (nSPS) is 21.0. The molecule has 2 aliphatic heterocycles. The lowest BCUT2D eigenvalue weighted by Crippen LogP contribution is -2.43. The Morgan fingerprint density at radius 1 is 1.26 bits per heavy atom. The van der Waals surface area contributed by atoms with E-state index in [1.165, 1.54) is 30.5 Å². The van der Waals surface area contributed by atoms with Crippen molar-refractivity contribution in [1.29, 1.82) is 0 Å². The van der Waals surface area contributed by atoms with Crippen molar-refractivity contribution in [2.75, 3.05) is 37.7 Å². The van der Waals surface area contributed by atoms with Gasteiger partial charge in [0.1, 0.15) is 47.9 Å². The number of terminal acetylenes is 1. The Labute approximate surface area is 263 Å². The van der Waals surface area contributed by atoms with Crippen LogP contribution < -0.4 is 9.64 Å². The maximum atomic E-state index is 16.8. The first-order valence-electron chi connectivity index (χ1n) is 15.4. The molecule has 1 N–H and O–H groups in total. The predicted molar refractivity (Wildman–Crippen MR) is 165 cm³/mol.